The van der Waals surface area contributed by atoms with Gasteiger partial charge in [-0.1, -0.05) is 32.9 Å². The predicted octanol–water partition coefficient (Wildman–Crippen LogP) is 3.24. The molecule has 1 aliphatic rings. The maximum absolute atomic E-state index is 12.6. The van der Waals surface area contributed by atoms with Crippen LogP contribution in [0, 0.1) is 0 Å². The van der Waals surface area contributed by atoms with Gasteiger partial charge in [0, 0.05) is 13.1 Å². The Balaban J connectivity index is 1.48. The van der Waals surface area contributed by atoms with E-state index in [0.717, 1.165) is 0 Å². The van der Waals surface area contributed by atoms with E-state index in [1.54, 1.807) is 0 Å². The summed E-state index contributed by atoms with van der Waals surface area (Å²) in [4.78, 5) is 12.4. The standard InChI is InChI=1S/C23H29NO6S/c1-23(2,3)19-6-8-20(9-7-19)29-16-17-30-22(25)18-4-10-21(11-5-18)31(26,27)24-12-14-28-15-13-24/h4-11H,12-17H2,1-3H3. The summed E-state index contributed by atoms with van der Waals surface area (Å²) in [5, 5.41) is 0. The van der Waals surface area contributed by atoms with Crippen molar-refractivity contribution in [1.29, 1.82) is 0 Å². The van der Waals surface area contributed by atoms with Crippen LogP contribution in [0.4, 0.5) is 0 Å². The van der Waals surface area contributed by atoms with E-state index in [1.807, 2.05) is 24.3 Å². The molecule has 0 radical (unpaired) electrons. The first-order valence-corrected chi connectivity index (χ1v) is 11.7. The Kier molecular flexibility index (Phi) is 7.35. The Labute approximate surface area is 184 Å². The first kappa shape index (κ1) is 23.2. The lowest BCUT2D eigenvalue weighted by atomic mass is 9.87. The van der Waals surface area contributed by atoms with Crippen molar-refractivity contribution in [1.82, 2.24) is 4.31 Å². The van der Waals surface area contributed by atoms with E-state index in [-0.39, 0.29) is 29.1 Å². The first-order chi connectivity index (χ1) is 14.7. The molecular formula is C23H29NO6S. The molecule has 3 rings (SSSR count). The number of carbonyl (C=O) groups excluding carboxylic acids is 1. The van der Waals surface area contributed by atoms with Gasteiger partial charge in [-0.05, 0) is 47.4 Å². The Morgan fingerprint density at radius 2 is 1.58 bits per heavy atom. The van der Waals surface area contributed by atoms with E-state index in [9.17, 15) is 13.2 Å². The molecule has 31 heavy (non-hydrogen) atoms. The minimum atomic E-state index is -3.59. The van der Waals surface area contributed by atoms with Gasteiger partial charge in [0.25, 0.3) is 0 Å². The van der Waals surface area contributed by atoms with Gasteiger partial charge in [-0.2, -0.15) is 4.31 Å². The summed E-state index contributed by atoms with van der Waals surface area (Å²) in [6, 6.07) is 13.6. The summed E-state index contributed by atoms with van der Waals surface area (Å²) < 4.78 is 42.7. The molecule has 8 heteroatoms. The molecule has 7 nitrogen and oxygen atoms in total. The summed E-state index contributed by atoms with van der Waals surface area (Å²) in [6.45, 7) is 8.17. The lowest BCUT2D eigenvalue weighted by Crippen LogP contribution is -2.40. The molecule has 0 spiro atoms. The first-order valence-electron chi connectivity index (χ1n) is 10.3. The zero-order valence-electron chi connectivity index (χ0n) is 18.2. The quantitative estimate of drug-likeness (QED) is 0.479. The Bertz CT molecular complexity index is 972. The zero-order valence-corrected chi connectivity index (χ0v) is 19.0. The van der Waals surface area contributed by atoms with Gasteiger partial charge in [-0.25, -0.2) is 13.2 Å². The molecule has 0 saturated carbocycles. The van der Waals surface area contributed by atoms with Crippen molar-refractivity contribution in [3.63, 3.8) is 0 Å². The molecule has 168 valence electrons. The number of sulfonamides is 1. The van der Waals surface area contributed by atoms with E-state index in [0.29, 0.717) is 32.1 Å². The summed E-state index contributed by atoms with van der Waals surface area (Å²) in [5.74, 6) is 0.184. The van der Waals surface area contributed by atoms with Crippen LogP contribution in [0.15, 0.2) is 53.4 Å². The van der Waals surface area contributed by atoms with Gasteiger partial charge in [-0.3, -0.25) is 0 Å². The maximum Gasteiger partial charge on any atom is 0.338 e. The average Bonchev–Trinajstić information content (AvgIpc) is 2.77. The van der Waals surface area contributed by atoms with Gasteiger partial charge in [-0.15, -0.1) is 0 Å². The minimum Gasteiger partial charge on any atom is -0.490 e. The molecule has 0 N–H and O–H groups in total. The van der Waals surface area contributed by atoms with Crippen molar-refractivity contribution in [2.45, 2.75) is 31.1 Å². The smallest absolute Gasteiger partial charge is 0.338 e. The van der Waals surface area contributed by atoms with Crippen LogP contribution >= 0.6 is 0 Å². The van der Waals surface area contributed by atoms with Gasteiger partial charge < -0.3 is 14.2 Å². The summed E-state index contributed by atoms with van der Waals surface area (Å²) in [7, 11) is -3.59. The topological polar surface area (TPSA) is 82.1 Å². The van der Waals surface area contributed by atoms with Gasteiger partial charge in [0.15, 0.2) is 0 Å². The number of nitrogens with zero attached hydrogens (tertiary/aromatic N) is 1. The van der Waals surface area contributed by atoms with Crippen molar-refractivity contribution >= 4 is 16.0 Å². The molecule has 1 fully saturated rings. The molecule has 0 aromatic heterocycles. The number of carbonyl (C=O) groups is 1. The summed E-state index contributed by atoms with van der Waals surface area (Å²) in [5.41, 5.74) is 1.58. The molecule has 1 aliphatic heterocycles. The average molecular weight is 448 g/mol. The highest BCUT2D eigenvalue weighted by atomic mass is 32.2. The highest BCUT2D eigenvalue weighted by Crippen LogP contribution is 2.24. The molecule has 0 atom stereocenters. The van der Waals surface area contributed by atoms with Crippen molar-refractivity contribution in [2.24, 2.45) is 0 Å². The highest BCUT2D eigenvalue weighted by Gasteiger charge is 2.26. The van der Waals surface area contributed by atoms with Crippen LogP contribution in [0.3, 0.4) is 0 Å². The Morgan fingerprint density at radius 1 is 0.968 bits per heavy atom. The van der Waals surface area contributed by atoms with Crippen LogP contribution in [-0.4, -0.2) is 58.2 Å². The number of morpholine rings is 1. The molecule has 0 aliphatic carbocycles. The van der Waals surface area contributed by atoms with Gasteiger partial charge >= 0.3 is 5.97 Å². The van der Waals surface area contributed by atoms with E-state index >= 15 is 0 Å². The van der Waals surface area contributed by atoms with E-state index in [4.69, 9.17) is 14.2 Å². The van der Waals surface area contributed by atoms with E-state index in [1.165, 1.54) is 34.1 Å². The second-order valence-corrected chi connectivity index (χ2v) is 10.2. The van der Waals surface area contributed by atoms with Crippen LogP contribution in [0.1, 0.15) is 36.7 Å². The number of esters is 1. The van der Waals surface area contributed by atoms with Crippen LogP contribution in [0.2, 0.25) is 0 Å². The van der Waals surface area contributed by atoms with Crippen LogP contribution in [0.25, 0.3) is 0 Å². The molecule has 2 aromatic carbocycles. The third kappa shape index (κ3) is 6.06. The SMILES string of the molecule is CC(C)(C)c1ccc(OCCOC(=O)c2ccc(S(=O)(=O)N3CCOCC3)cc2)cc1. The van der Waals surface area contributed by atoms with Crippen LogP contribution < -0.4 is 4.74 Å². The molecule has 1 saturated heterocycles. The molecule has 1 heterocycles. The van der Waals surface area contributed by atoms with Crippen molar-refractivity contribution in [3.8, 4) is 5.75 Å². The molecule has 0 unspecified atom stereocenters. The van der Waals surface area contributed by atoms with Crippen LogP contribution in [0.5, 0.6) is 5.75 Å². The molecule has 0 amide bonds. The minimum absolute atomic E-state index is 0.0745. The Hall–Kier alpha value is -2.42. The molecule has 2 aromatic rings. The second-order valence-electron chi connectivity index (χ2n) is 8.30. The van der Waals surface area contributed by atoms with Crippen LogP contribution in [-0.2, 0) is 24.9 Å². The third-order valence-corrected chi connectivity index (χ3v) is 6.92. The summed E-state index contributed by atoms with van der Waals surface area (Å²) in [6.07, 6.45) is 0. The third-order valence-electron chi connectivity index (χ3n) is 5.00. The largest absolute Gasteiger partial charge is 0.490 e. The lowest BCUT2D eigenvalue weighted by Gasteiger charge is -2.26. The monoisotopic (exact) mass is 447 g/mol. The number of rotatable bonds is 7. The van der Waals surface area contributed by atoms with Crippen molar-refractivity contribution in [3.05, 3.63) is 59.7 Å². The van der Waals surface area contributed by atoms with Gasteiger partial charge in [0.1, 0.15) is 19.0 Å². The highest BCUT2D eigenvalue weighted by molar-refractivity contribution is 7.89. The normalized spacial score (nSPS) is 15.5. The fourth-order valence-corrected chi connectivity index (χ4v) is 4.54. The summed E-state index contributed by atoms with van der Waals surface area (Å²) >= 11 is 0. The Morgan fingerprint density at radius 3 is 2.16 bits per heavy atom. The number of ether oxygens (including phenoxy) is 3. The van der Waals surface area contributed by atoms with Crippen molar-refractivity contribution < 1.29 is 27.4 Å². The second kappa shape index (κ2) is 9.80. The lowest BCUT2D eigenvalue weighted by molar-refractivity contribution is 0.0450. The van der Waals surface area contributed by atoms with E-state index in [2.05, 4.69) is 20.8 Å². The molecule has 0 bridgehead atoms. The fourth-order valence-electron chi connectivity index (χ4n) is 3.13. The number of benzene rings is 2. The fraction of sp³-hybridized carbons (Fsp3) is 0.435. The van der Waals surface area contributed by atoms with Gasteiger partial charge in [0.2, 0.25) is 10.0 Å². The maximum atomic E-state index is 12.6. The number of hydrogen-bond acceptors (Lipinski definition) is 6. The predicted molar refractivity (Wildman–Crippen MR) is 117 cm³/mol. The van der Waals surface area contributed by atoms with E-state index < -0.39 is 16.0 Å². The van der Waals surface area contributed by atoms with Crippen molar-refractivity contribution in [2.75, 3.05) is 39.5 Å². The number of hydrogen-bond donors (Lipinski definition) is 0. The van der Waals surface area contributed by atoms with Gasteiger partial charge in [0.05, 0.1) is 23.7 Å². The zero-order chi connectivity index (χ0) is 22.5. The molecular weight excluding hydrogens is 418 g/mol.